The number of nitrogens with one attached hydrogen (secondary N) is 1. The third kappa shape index (κ3) is 3.42. The number of ether oxygens (including phenoxy) is 2. The van der Waals surface area contributed by atoms with Crippen LogP contribution in [-0.4, -0.2) is 22.6 Å². The van der Waals surface area contributed by atoms with Gasteiger partial charge in [-0.2, -0.15) is 0 Å². The molecular formula is C14H13ClFNO4S. The van der Waals surface area contributed by atoms with E-state index in [0.717, 1.165) is 18.2 Å². The third-order valence-electron chi connectivity index (χ3n) is 2.85. The number of methoxy groups -OCH3 is 2. The molecule has 2 aromatic carbocycles. The highest BCUT2D eigenvalue weighted by Crippen LogP contribution is 2.31. The average Bonchev–Trinajstić information content (AvgIpc) is 2.49. The zero-order valence-electron chi connectivity index (χ0n) is 11.8. The first kappa shape index (κ1) is 16.4. The summed E-state index contributed by atoms with van der Waals surface area (Å²) >= 11 is 5.62. The standard InChI is InChI=1S/C14H13ClFNO4S/c1-20-9-3-6-14(21-2)13(7-9)17-22(18,19)10-4-5-12(16)11(15)8-10/h3-8,17H,1-2H3. The smallest absolute Gasteiger partial charge is 0.262 e. The van der Waals surface area contributed by atoms with Gasteiger partial charge in [-0.15, -0.1) is 0 Å². The van der Waals surface area contributed by atoms with E-state index >= 15 is 0 Å². The van der Waals surface area contributed by atoms with Gasteiger partial charge in [0.1, 0.15) is 17.3 Å². The van der Waals surface area contributed by atoms with Crippen molar-refractivity contribution < 1.29 is 22.3 Å². The van der Waals surface area contributed by atoms with Crippen LogP contribution in [0.1, 0.15) is 0 Å². The largest absolute Gasteiger partial charge is 0.497 e. The molecule has 0 spiro atoms. The Balaban J connectivity index is 2.41. The lowest BCUT2D eigenvalue weighted by molar-refractivity contribution is 0.405. The molecule has 0 fully saturated rings. The van der Waals surface area contributed by atoms with Gasteiger partial charge in [0.05, 0.1) is 29.8 Å². The molecule has 0 amide bonds. The zero-order chi connectivity index (χ0) is 16.3. The summed E-state index contributed by atoms with van der Waals surface area (Å²) in [5.41, 5.74) is 0.197. The van der Waals surface area contributed by atoms with Crippen LogP contribution in [0.15, 0.2) is 41.3 Å². The quantitative estimate of drug-likeness (QED) is 0.903. The number of hydrogen-bond donors (Lipinski definition) is 1. The number of benzene rings is 2. The lowest BCUT2D eigenvalue weighted by Gasteiger charge is -2.13. The Hall–Kier alpha value is -1.99. The molecule has 0 aromatic heterocycles. The van der Waals surface area contributed by atoms with Gasteiger partial charge in [0.25, 0.3) is 10.0 Å². The van der Waals surface area contributed by atoms with E-state index < -0.39 is 15.8 Å². The van der Waals surface area contributed by atoms with Crippen LogP contribution in [0.3, 0.4) is 0 Å². The molecule has 5 nitrogen and oxygen atoms in total. The molecule has 0 aliphatic heterocycles. The van der Waals surface area contributed by atoms with Gasteiger partial charge >= 0.3 is 0 Å². The van der Waals surface area contributed by atoms with E-state index in [2.05, 4.69) is 4.72 Å². The van der Waals surface area contributed by atoms with Crippen LogP contribution in [0.2, 0.25) is 5.02 Å². The van der Waals surface area contributed by atoms with Crippen molar-refractivity contribution in [1.29, 1.82) is 0 Å². The van der Waals surface area contributed by atoms with Crippen molar-refractivity contribution in [2.24, 2.45) is 0 Å². The highest BCUT2D eigenvalue weighted by Gasteiger charge is 2.18. The van der Waals surface area contributed by atoms with Crippen LogP contribution in [0.5, 0.6) is 11.5 Å². The fourth-order valence-corrected chi connectivity index (χ4v) is 3.07. The molecule has 0 atom stereocenters. The van der Waals surface area contributed by atoms with Crippen LogP contribution in [0, 0.1) is 5.82 Å². The summed E-state index contributed by atoms with van der Waals surface area (Å²) in [6.45, 7) is 0. The SMILES string of the molecule is COc1ccc(OC)c(NS(=O)(=O)c2ccc(F)c(Cl)c2)c1. The van der Waals surface area contributed by atoms with Gasteiger partial charge < -0.3 is 9.47 Å². The van der Waals surface area contributed by atoms with Crippen LogP contribution in [-0.2, 0) is 10.0 Å². The summed E-state index contributed by atoms with van der Waals surface area (Å²) in [7, 11) is -1.08. The van der Waals surface area contributed by atoms with Crippen LogP contribution in [0.4, 0.5) is 10.1 Å². The summed E-state index contributed by atoms with van der Waals surface area (Å²) in [6, 6.07) is 7.81. The molecule has 8 heteroatoms. The minimum Gasteiger partial charge on any atom is -0.497 e. The molecule has 0 unspecified atom stereocenters. The number of halogens is 2. The van der Waals surface area contributed by atoms with E-state index in [-0.39, 0.29) is 15.6 Å². The number of sulfonamides is 1. The zero-order valence-corrected chi connectivity index (χ0v) is 13.3. The highest BCUT2D eigenvalue weighted by molar-refractivity contribution is 7.92. The Kier molecular flexibility index (Phi) is 4.77. The summed E-state index contributed by atoms with van der Waals surface area (Å²) < 4.78 is 50.3. The van der Waals surface area contributed by atoms with Gasteiger partial charge in [-0.3, -0.25) is 4.72 Å². The molecular weight excluding hydrogens is 333 g/mol. The first-order valence-corrected chi connectivity index (χ1v) is 7.93. The summed E-state index contributed by atoms with van der Waals surface area (Å²) in [4.78, 5) is -0.163. The van der Waals surface area contributed by atoms with Crippen LogP contribution >= 0.6 is 11.6 Å². The summed E-state index contributed by atoms with van der Waals surface area (Å²) in [6.07, 6.45) is 0. The Morgan fingerprint density at radius 2 is 1.82 bits per heavy atom. The maximum absolute atomic E-state index is 13.1. The van der Waals surface area contributed by atoms with E-state index in [0.29, 0.717) is 11.5 Å². The normalized spacial score (nSPS) is 11.1. The Morgan fingerprint density at radius 3 is 2.41 bits per heavy atom. The van der Waals surface area contributed by atoms with Crippen molar-refractivity contribution in [2.45, 2.75) is 4.90 Å². The molecule has 0 aliphatic carbocycles. The van der Waals surface area contributed by atoms with Gasteiger partial charge in [0.15, 0.2) is 0 Å². The second-order valence-electron chi connectivity index (χ2n) is 4.25. The van der Waals surface area contributed by atoms with Gasteiger partial charge in [0.2, 0.25) is 0 Å². The molecule has 2 rings (SSSR count). The van der Waals surface area contributed by atoms with Crippen molar-refractivity contribution in [1.82, 2.24) is 0 Å². The number of hydrogen-bond acceptors (Lipinski definition) is 4. The van der Waals surface area contributed by atoms with Crippen LogP contribution < -0.4 is 14.2 Å². The Morgan fingerprint density at radius 1 is 1.09 bits per heavy atom. The first-order chi connectivity index (χ1) is 10.4. The third-order valence-corrected chi connectivity index (χ3v) is 4.51. The molecule has 0 aliphatic rings. The van der Waals surface area contributed by atoms with Crippen molar-refractivity contribution in [3.05, 3.63) is 47.2 Å². The maximum atomic E-state index is 13.1. The van der Waals surface area contributed by atoms with Crippen molar-refractivity contribution in [2.75, 3.05) is 18.9 Å². The molecule has 0 saturated carbocycles. The Labute approximate surface area is 132 Å². The van der Waals surface area contributed by atoms with E-state index in [1.54, 1.807) is 12.1 Å². The molecule has 22 heavy (non-hydrogen) atoms. The monoisotopic (exact) mass is 345 g/mol. The molecule has 2 aromatic rings. The van der Waals surface area contributed by atoms with Crippen molar-refractivity contribution in [3.63, 3.8) is 0 Å². The van der Waals surface area contributed by atoms with E-state index in [9.17, 15) is 12.8 Å². The van der Waals surface area contributed by atoms with Crippen molar-refractivity contribution >= 4 is 27.3 Å². The fourth-order valence-electron chi connectivity index (χ4n) is 1.74. The number of anilines is 1. The van der Waals surface area contributed by atoms with Gasteiger partial charge in [-0.1, -0.05) is 11.6 Å². The van der Waals surface area contributed by atoms with E-state index in [1.165, 1.54) is 20.3 Å². The van der Waals surface area contributed by atoms with Gasteiger partial charge in [-0.05, 0) is 30.3 Å². The summed E-state index contributed by atoms with van der Waals surface area (Å²) in [5, 5.41) is -0.277. The molecule has 1 N–H and O–H groups in total. The molecule has 0 bridgehead atoms. The van der Waals surface area contributed by atoms with E-state index in [1.807, 2.05) is 0 Å². The number of rotatable bonds is 5. The average molecular weight is 346 g/mol. The first-order valence-electron chi connectivity index (χ1n) is 6.07. The van der Waals surface area contributed by atoms with E-state index in [4.69, 9.17) is 21.1 Å². The highest BCUT2D eigenvalue weighted by atomic mass is 35.5. The predicted molar refractivity (Wildman–Crippen MR) is 81.8 cm³/mol. The molecule has 0 saturated heterocycles. The summed E-state index contributed by atoms with van der Waals surface area (Å²) in [5.74, 6) is 0.0767. The predicted octanol–water partition coefficient (Wildman–Crippen LogP) is 3.30. The maximum Gasteiger partial charge on any atom is 0.262 e. The Bertz CT molecular complexity index is 795. The fraction of sp³-hybridized carbons (Fsp3) is 0.143. The van der Waals surface area contributed by atoms with Gasteiger partial charge in [0, 0.05) is 6.07 Å². The van der Waals surface area contributed by atoms with Crippen molar-refractivity contribution in [3.8, 4) is 11.5 Å². The van der Waals surface area contributed by atoms with Crippen LogP contribution in [0.25, 0.3) is 0 Å². The van der Waals surface area contributed by atoms with Gasteiger partial charge in [-0.25, -0.2) is 12.8 Å². The lowest BCUT2D eigenvalue weighted by Crippen LogP contribution is -2.14. The minimum atomic E-state index is -3.95. The molecule has 118 valence electrons. The lowest BCUT2D eigenvalue weighted by atomic mass is 10.3. The second kappa shape index (κ2) is 6.41. The minimum absolute atomic E-state index is 0.163. The molecule has 0 heterocycles. The topological polar surface area (TPSA) is 64.6 Å². The molecule has 0 radical (unpaired) electrons. The second-order valence-corrected chi connectivity index (χ2v) is 6.34.